The summed E-state index contributed by atoms with van der Waals surface area (Å²) in [5, 5.41) is 3.32. The number of unbranched alkanes of at least 4 members (excludes halogenated alkanes) is 3. The van der Waals surface area contributed by atoms with Gasteiger partial charge in [0.05, 0.1) is 7.11 Å². The van der Waals surface area contributed by atoms with E-state index in [1.54, 1.807) is 6.07 Å². The number of nitrogens with one attached hydrogen (secondary N) is 1. The minimum Gasteiger partial charge on any atom is -0.494 e. The highest BCUT2D eigenvalue weighted by molar-refractivity contribution is 5.29. The highest BCUT2D eigenvalue weighted by Crippen LogP contribution is 2.17. The van der Waals surface area contributed by atoms with E-state index >= 15 is 0 Å². The second-order valence-corrected chi connectivity index (χ2v) is 4.21. The predicted molar refractivity (Wildman–Crippen MR) is 68.8 cm³/mol. The van der Waals surface area contributed by atoms with Gasteiger partial charge in [-0.2, -0.15) is 0 Å². The lowest BCUT2D eigenvalue weighted by molar-refractivity contribution is 0.386. The van der Waals surface area contributed by atoms with Gasteiger partial charge < -0.3 is 10.1 Å². The van der Waals surface area contributed by atoms with Crippen LogP contribution in [0.1, 0.15) is 38.2 Å². The van der Waals surface area contributed by atoms with Gasteiger partial charge in [-0.05, 0) is 30.7 Å². The molecule has 0 aliphatic carbocycles. The van der Waals surface area contributed by atoms with Gasteiger partial charge in [0.25, 0.3) is 0 Å². The summed E-state index contributed by atoms with van der Waals surface area (Å²) in [7, 11) is 1.48. The summed E-state index contributed by atoms with van der Waals surface area (Å²) in [4.78, 5) is 0. The van der Waals surface area contributed by atoms with Crippen LogP contribution < -0.4 is 10.1 Å². The van der Waals surface area contributed by atoms with E-state index in [0.29, 0.717) is 12.3 Å². The summed E-state index contributed by atoms with van der Waals surface area (Å²) in [6, 6.07) is 5.09. The zero-order valence-corrected chi connectivity index (χ0v) is 10.8. The van der Waals surface area contributed by atoms with E-state index in [9.17, 15) is 4.39 Å². The fourth-order valence-electron chi connectivity index (χ4n) is 1.73. The van der Waals surface area contributed by atoms with Crippen molar-refractivity contribution in [2.45, 2.75) is 39.2 Å². The molecule has 0 unspecified atom stereocenters. The fraction of sp³-hybridized carbons (Fsp3) is 0.571. The largest absolute Gasteiger partial charge is 0.494 e. The molecule has 1 aromatic carbocycles. The Balaban J connectivity index is 2.25. The first kappa shape index (κ1) is 14.0. The molecule has 0 radical (unpaired) electrons. The first-order valence-corrected chi connectivity index (χ1v) is 6.31. The van der Waals surface area contributed by atoms with Crippen molar-refractivity contribution in [3.8, 4) is 5.75 Å². The summed E-state index contributed by atoms with van der Waals surface area (Å²) in [5.74, 6) is 0.00878. The lowest BCUT2D eigenvalue weighted by Crippen LogP contribution is -2.14. The Hall–Kier alpha value is -1.09. The summed E-state index contributed by atoms with van der Waals surface area (Å²) in [6.07, 6.45) is 5.00. The predicted octanol–water partition coefficient (Wildman–Crippen LogP) is 3.50. The Bertz CT molecular complexity index is 328. The Morgan fingerprint density at radius 2 is 2.06 bits per heavy atom. The van der Waals surface area contributed by atoms with Gasteiger partial charge in [-0.3, -0.25) is 0 Å². The maximum atomic E-state index is 13.4. The van der Waals surface area contributed by atoms with E-state index in [2.05, 4.69) is 12.2 Å². The van der Waals surface area contributed by atoms with E-state index in [0.717, 1.165) is 12.1 Å². The maximum Gasteiger partial charge on any atom is 0.165 e. The van der Waals surface area contributed by atoms with E-state index in [1.165, 1.54) is 38.9 Å². The normalized spacial score (nSPS) is 10.5. The van der Waals surface area contributed by atoms with Crippen molar-refractivity contribution in [3.63, 3.8) is 0 Å². The van der Waals surface area contributed by atoms with E-state index in [-0.39, 0.29) is 5.82 Å². The second kappa shape index (κ2) is 8.07. The molecule has 1 aromatic rings. The molecule has 3 heteroatoms. The smallest absolute Gasteiger partial charge is 0.165 e. The van der Waals surface area contributed by atoms with Gasteiger partial charge in [0.15, 0.2) is 11.6 Å². The molecule has 0 heterocycles. The highest BCUT2D eigenvalue weighted by atomic mass is 19.1. The lowest BCUT2D eigenvalue weighted by atomic mass is 10.2. The van der Waals surface area contributed by atoms with Crippen molar-refractivity contribution in [1.82, 2.24) is 5.32 Å². The van der Waals surface area contributed by atoms with Gasteiger partial charge >= 0.3 is 0 Å². The minimum absolute atomic E-state index is 0.294. The molecule has 0 atom stereocenters. The molecule has 0 aromatic heterocycles. The Kier molecular flexibility index (Phi) is 6.63. The number of benzene rings is 1. The van der Waals surface area contributed by atoms with Crippen molar-refractivity contribution < 1.29 is 9.13 Å². The number of halogens is 1. The van der Waals surface area contributed by atoms with Crippen molar-refractivity contribution >= 4 is 0 Å². The number of ether oxygens (including phenoxy) is 1. The molecular weight excluding hydrogens is 217 g/mol. The molecule has 0 saturated heterocycles. The summed E-state index contributed by atoms with van der Waals surface area (Å²) in [6.45, 7) is 3.91. The zero-order chi connectivity index (χ0) is 12.5. The molecule has 0 amide bonds. The van der Waals surface area contributed by atoms with E-state index in [1.807, 2.05) is 6.07 Å². The maximum absolute atomic E-state index is 13.4. The van der Waals surface area contributed by atoms with Crippen LogP contribution in [0, 0.1) is 5.82 Å². The molecule has 0 bridgehead atoms. The Morgan fingerprint density at radius 1 is 1.24 bits per heavy atom. The molecule has 0 saturated carbocycles. The zero-order valence-electron chi connectivity index (χ0n) is 10.8. The van der Waals surface area contributed by atoms with Crippen LogP contribution in [0.5, 0.6) is 5.75 Å². The number of methoxy groups -OCH3 is 1. The first-order chi connectivity index (χ1) is 8.27. The standard InChI is InChI=1S/C14H22FNO/c1-3-4-5-6-9-16-11-12-7-8-14(17-2)13(15)10-12/h7-8,10,16H,3-6,9,11H2,1-2H3. The van der Waals surface area contributed by atoms with Crippen LogP contribution >= 0.6 is 0 Å². The van der Waals surface area contributed by atoms with Crippen molar-refractivity contribution in [2.75, 3.05) is 13.7 Å². The minimum atomic E-state index is -0.294. The summed E-state index contributed by atoms with van der Waals surface area (Å²) < 4.78 is 18.2. The molecule has 0 aliphatic heterocycles. The third kappa shape index (κ3) is 5.18. The van der Waals surface area contributed by atoms with E-state index < -0.39 is 0 Å². The topological polar surface area (TPSA) is 21.3 Å². The third-order valence-electron chi connectivity index (χ3n) is 2.75. The summed E-state index contributed by atoms with van der Waals surface area (Å²) >= 11 is 0. The number of hydrogen-bond donors (Lipinski definition) is 1. The number of rotatable bonds is 8. The van der Waals surface area contributed by atoms with Gasteiger partial charge in [-0.15, -0.1) is 0 Å². The molecule has 0 spiro atoms. The van der Waals surface area contributed by atoms with Crippen LogP contribution in [-0.4, -0.2) is 13.7 Å². The van der Waals surface area contributed by atoms with Gasteiger partial charge in [0.2, 0.25) is 0 Å². The Morgan fingerprint density at radius 3 is 2.71 bits per heavy atom. The molecule has 1 rings (SSSR count). The van der Waals surface area contributed by atoms with Gasteiger partial charge in [-0.25, -0.2) is 4.39 Å². The van der Waals surface area contributed by atoms with Crippen molar-refractivity contribution in [1.29, 1.82) is 0 Å². The summed E-state index contributed by atoms with van der Waals surface area (Å²) in [5.41, 5.74) is 0.957. The van der Waals surface area contributed by atoms with Crippen LogP contribution in [0.4, 0.5) is 4.39 Å². The third-order valence-corrected chi connectivity index (χ3v) is 2.75. The van der Waals surface area contributed by atoms with Gasteiger partial charge in [-0.1, -0.05) is 32.3 Å². The van der Waals surface area contributed by atoms with Crippen molar-refractivity contribution in [3.05, 3.63) is 29.6 Å². The van der Waals surface area contributed by atoms with Crippen LogP contribution in [0.25, 0.3) is 0 Å². The molecule has 2 nitrogen and oxygen atoms in total. The lowest BCUT2D eigenvalue weighted by Gasteiger charge is -2.07. The van der Waals surface area contributed by atoms with Gasteiger partial charge in [0.1, 0.15) is 0 Å². The Labute approximate surface area is 103 Å². The average molecular weight is 239 g/mol. The molecule has 96 valence electrons. The van der Waals surface area contributed by atoms with Crippen LogP contribution in [0.15, 0.2) is 18.2 Å². The van der Waals surface area contributed by atoms with Crippen LogP contribution in [0.3, 0.4) is 0 Å². The second-order valence-electron chi connectivity index (χ2n) is 4.21. The molecule has 0 aliphatic rings. The molecule has 1 N–H and O–H groups in total. The number of hydrogen-bond acceptors (Lipinski definition) is 2. The van der Waals surface area contributed by atoms with E-state index in [4.69, 9.17) is 4.74 Å². The SMILES string of the molecule is CCCCCCNCc1ccc(OC)c(F)c1. The average Bonchev–Trinajstić information content (AvgIpc) is 2.34. The van der Waals surface area contributed by atoms with Crippen LogP contribution in [0.2, 0.25) is 0 Å². The van der Waals surface area contributed by atoms with Crippen molar-refractivity contribution in [2.24, 2.45) is 0 Å². The molecule has 0 fully saturated rings. The van der Waals surface area contributed by atoms with Gasteiger partial charge in [0, 0.05) is 6.54 Å². The fourth-order valence-corrected chi connectivity index (χ4v) is 1.73. The monoisotopic (exact) mass is 239 g/mol. The first-order valence-electron chi connectivity index (χ1n) is 6.31. The highest BCUT2D eigenvalue weighted by Gasteiger charge is 2.02. The quantitative estimate of drug-likeness (QED) is 0.701. The molecular formula is C14H22FNO. The van der Waals surface area contributed by atoms with Crippen LogP contribution in [-0.2, 0) is 6.54 Å². The molecule has 17 heavy (non-hydrogen) atoms.